The Labute approximate surface area is 127 Å². The van der Waals surface area contributed by atoms with Crippen LogP contribution in [0.15, 0.2) is 42.6 Å². The normalized spacial score (nSPS) is 17.2. The summed E-state index contributed by atoms with van der Waals surface area (Å²) in [5, 5.41) is 8.14. The van der Waals surface area contributed by atoms with E-state index >= 15 is 0 Å². The highest BCUT2D eigenvalue weighted by molar-refractivity contribution is 5.22. The van der Waals surface area contributed by atoms with Gasteiger partial charge in [-0.05, 0) is 37.9 Å². The van der Waals surface area contributed by atoms with E-state index < -0.39 is 0 Å². The number of likely N-dealkylation sites (N-methyl/N-ethyl adjacent to an activating group) is 1. The summed E-state index contributed by atoms with van der Waals surface area (Å²) < 4.78 is 2.20. The number of nitrogens with one attached hydrogen (secondary N) is 1. The molecule has 3 rings (SSSR count). The number of benzene rings is 1. The molecule has 1 heterocycles. The van der Waals surface area contributed by atoms with Crippen LogP contribution in [-0.2, 0) is 6.42 Å². The molecule has 1 saturated carbocycles. The highest BCUT2D eigenvalue weighted by atomic mass is 15.3. The van der Waals surface area contributed by atoms with Gasteiger partial charge < -0.3 is 5.32 Å². The van der Waals surface area contributed by atoms with Crippen molar-refractivity contribution < 1.29 is 0 Å². The first kappa shape index (κ1) is 14.3. The molecule has 0 spiro atoms. The van der Waals surface area contributed by atoms with Gasteiger partial charge in [-0.3, -0.25) is 4.68 Å². The monoisotopic (exact) mass is 283 g/mol. The predicted molar refractivity (Wildman–Crippen MR) is 86.5 cm³/mol. The fraction of sp³-hybridized carbons (Fsp3) is 0.500. The lowest BCUT2D eigenvalue weighted by Crippen LogP contribution is -2.19. The van der Waals surface area contributed by atoms with Gasteiger partial charge >= 0.3 is 0 Å². The van der Waals surface area contributed by atoms with Crippen molar-refractivity contribution in [3.05, 3.63) is 53.9 Å². The van der Waals surface area contributed by atoms with E-state index in [2.05, 4.69) is 52.6 Å². The van der Waals surface area contributed by atoms with Gasteiger partial charge in [0.15, 0.2) is 0 Å². The number of aromatic nitrogens is 2. The van der Waals surface area contributed by atoms with Gasteiger partial charge in [-0.15, -0.1) is 0 Å². The molecule has 3 heteroatoms. The summed E-state index contributed by atoms with van der Waals surface area (Å²) in [7, 11) is 2.02. The molecule has 1 N–H and O–H groups in total. The van der Waals surface area contributed by atoms with Crippen molar-refractivity contribution in [2.75, 3.05) is 13.6 Å². The second-order valence-corrected chi connectivity index (χ2v) is 6.09. The van der Waals surface area contributed by atoms with E-state index in [4.69, 9.17) is 5.10 Å². The minimum Gasteiger partial charge on any atom is -0.319 e. The molecule has 0 saturated heterocycles. The fourth-order valence-corrected chi connectivity index (χ4v) is 3.39. The SMILES string of the molecule is CNCC(Cc1ccn(C2CCCC2)n1)c1ccccc1. The maximum absolute atomic E-state index is 4.83. The van der Waals surface area contributed by atoms with E-state index in [-0.39, 0.29) is 0 Å². The summed E-state index contributed by atoms with van der Waals surface area (Å²) in [6.45, 7) is 0.986. The van der Waals surface area contributed by atoms with Crippen molar-refractivity contribution in [2.24, 2.45) is 0 Å². The minimum absolute atomic E-state index is 0.489. The van der Waals surface area contributed by atoms with E-state index in [0.29, 0.717) is 12.0 Å². The quantitative estimate of drug-likeness (QED) is 0.878. The Kier molecular flexibility index (Phi) is 4.71. The smallest absolute Gasteiger partial charge is 0.0631 e. The number of hydrogen-bond donors (Lipinski definition) is 1. The van der Waals surface area contributed by atoms with E-state index in [0.717, 1.165) is 13.0 Å². The van der Waals surface area contributed by atoms with Crippen LogP contribution in [0.5, 0.6) is 0 Å². The Morgan fingerprint density at radius 2 is 1.95 bits per heavy atom. The molecule has 2 aromatic rings. The number of rotatable bonds is 6. The van der Waals surface area contributed by atoms with Crippen LogP contribution in [-0.4, -0.2) is 23.4 Å². The van der Waals surface area contributed by atoms with Gasteiger partial charge in [-0.1, -0.05) is 43.2 Å². The van der Waals surface area contributed by atoms with Gasteiger partial charge in [-0.25, -0.2) is 0 Å². The first-order valence-electron chi connectivity index (χ1n) is 8.10. The van der Waals surface area contributed by atoms with Crippen molar-refractivity contribution in [2.45, 2.75) is 44.1 Å². The minimum atomic E-state index is 0.489. The van der Waals surface area contributed by atoms with E-state index in [1.807, 2.05) is 7.05 Å². The van der Waals surface area contributed by atoms with Gasteiger partial charge in [0.1, 0.15) is 0 Å². The molecule has 0 radical (unpaired) electrons. The Hall–Kier alpha value is -1.61. The van der Waals surface area contributed by atoms with Crippen molar-refractivity contribution in [1.82, 2.24) is 15.1 Å². The van der Waals surface area contributed by atoms with Crippen LogP contribution in [0.2, 0.25) is 0 Å². The third-order valence-electron chi connectivity index (χ3n) is 4.54. The van der Waals surface area contributed by atoms with Crippen LogP contribution in [0.4, 0.5) is 0 Å². The second kappa shape index (κ2) is 6.90. The number of nitrogens with zero attached hydrogens (tertiary/aromatic N) is 2. The van der Waals surface area contributed by atoms with Crippen LogP contribution in [0.3, 0.4) is 0 Å². The van der Waals surface area contributed by atoms with E-state index in [1.54, 1.807) is 0 Å². The molecule has 1 aromatic heterocycles. The lowest BCUT2D eigenvalue weighted by atomic mass is 9.94. The van der Waals surface area contributed by atoms with Crippen LogP contribution in [0.1, 0.15) is 48.9 Å². The molecular formula is C18H25N3. The zero-order valence-corrected chi connectivity index (χ0v) is 12.8. The Morgan fingerprint density at radius 3 is 2.67 bits per heavy atom. The lowest BCUT2D eigenvalue weighted by Gasteiger charge is -2.16. The second-order valence-electron chi connectivity index (χ2n) is 6.09. The first-order chi connectivity index (χ1) is 10.4. The molecular weight excluding hydrogens is 258 g/mol. The molecule has 1 atom stereocenters. The maximum atomic E-state index is 4.83. The van der Waals surface area contributed by atoms with Gasteiger partial charge in [0.25, 0.3) is 0 Å². The van der Waals surface area contributed by atoms with Gasteiger partial charge in [0, 0.05) is 18.7 Å². The topological polar surface area (TPSA) is 29.9 Å². The van der Waals surface area contributed by atoms with Crippen molar-refractivity contribution in [3.8, 4) is 0 Å². The molecule has 21 heavy (non-hydrogen) atoms. The molecule has 1 aliphatic carbocycles. The van der Waals surface area contributed by atoms with E-state index in [9.17, 15) is 0 Å². The standard InChI is InChI=1S/C18H25N3/c1-19-14-16(15-7-3-2-4-8-15)13-17-11-12-21(20-17)18-9-5-6-10-18/h2-4,7-8,11-12,16,18-19H,5-6,9-10,13-14H2,1H3. The summed E-state index contributed by atoms with van der Waals surface area (Å²) in [4.78, 5) is 0. The van der Waals surface area contributed by atoms with Crippen molar-refractivity contribution >= 4 is 0 Å². The summed E-state index contributed by atoms with van der Waals surface area (Å²) in [6, 6.07) is 13.6. The van der Waals surface area contributed by atoms with Crippen molar-refractivity contribution in [1.29, 1.82) is 0 Å². The average molecular weight is 283 g/mol. The molecule has 0 aliphatic heterocycles. The van der Waals surface area contributed by atoms with Crippen LogP contribution in [0, 0.1) is 0 Å². The Morgan fingerprint density at radius 1 is 1.19 bits per heavy atom. The third kappa shape index (κ3) is 3.53. The lowest BCUT2D eigenvalue weighted by molar-refractivity contribution is 0.460. The average Bonchev–Trinajstić information content (AvgIpc) is 3.19. The highest BCUT2D eigenvalue weighted by Gasteiger charge is 2.19. The summed E-state index contributed by atoms with van der Waals surface area (Å²) in [5.41, 5.74) is 2.60. The predicted octanol–water partition coefficient (Wildman–Crippen LogP) is 3.54. The molecule has 1 aliphatic rings. The number of hydrogen-bond acceptors (Lipinski definition) is 2. The van der Waals surface area contributed by atoms with Gasteiger partial charge in [0.05, 0.1) is 11.7 Å². The molecule has 1 fully saturated rings. The molecule has 0 bridgehead atoms. The maximum Gasteiger partial charge on any atom is 0.0631 e. The Balaban J connectivity index is 1.71. The molecule has 3 nitrogen and oxygen atoms in total. The summed E-state index contributed by atoms with van der Waals surface area (Å²) in [5.74, 6) is 0.489. The third-order valence-corrected chi connectivity index (χ3v) is 4.54. The molecule has 1 unspecified atom stereocenters. The van der Waals surface area contributed by atoms with Crippen LogP contribution < -0.4 is 5.32 Å². The summed E-state index contributed by atoms with van der Waals surface area (Å²) >= 11 is 0. The zero-order chi connectivity index (χ0) is 14.5. The van der Waals surface area contributed by atoms with Crippen LogP contribution >= 0.6 is 0 Å². The largest absolute Gasteiger partial charge is 0.319 e. The first-order valence-corrected chi connectivity index (χ1v) is 8.10. The van der Waals surface area contributed by atoms with Crippen molar-refractivity contribution in [3.63, 3.8) is 0 Å². The van der Waals surface area contributed by atoms with Gasteiger partial charge in [-0.2, -0.15) is 5.10 Å². The van der Waals surface area contributed by atoms with Gasteiger partial charge in [0.2, 0.25) is 0 Å². The summed E-state index contributed by atoms with van der Waals surface area (Å²) in [6.07, 6.45) is 8.47. The van der Waals surface area contributed by atoms with Crippen LogP contribution in [0.25, 0.3) is 0 Å². The highest BCUT2D eigenvalue weighted by Crippen LogP contribution is 2.29. The fourth-order valence-electron chi connectivity index (χ4n) is 3.39. The zero-order valence-electron chi connectivity index (χ0n) is 12.8. The van der Waals surface area contributed by atoms with E-state index in [1.165, 1.54) is 36.9 Å². The molecule has 0 amide bonds. The molecule has 112 valence electrons. The Bertz CT molecular complexity index is 541. The molecule has 1 aromatic carbocycles.